The average Bonchev–Trinajstić information content (AvgIpc) is 3.12. The topological polar surface area (TPSA) is 68.3 Å². The lowest BCUT2D eigenvalue weighted by Crippen LogP contribution is -2.28. The van der Waals surface area contributed by atoms with E-state index in [1.165, 1.54) is 23.0 Å². The van der Waals surface area contributed by atoms with E-state index < -0.39 is 5.97 Å². The van der Waals surface area contributed by atoms with E-state index in [1.807, 2.05) is 55.5 Å². The molecule has 1 N–H and O–H groups in total. The van der Waals surface area contributed by atoms with E-state index in [1.54, 1.807) is 6.08 Å². The van der Waals surface area contributed by atoms with Crippen molar-refractivity contribution in [2.45, 2.75) is 19.8 Å². The molecule has 144 valence electrons. The maximum absolute atomic E-state index is 11.9. The molecule has 2 aromatic carbocycles. The molecule has 6 heteroatoms. The molecule has 0 aliphatic heterocycles. The van der Waals surface area contributed by atoms with Crippen LogP contribution in [0.5, 0.6) is 0 Å². The number of fused-ring (bicyclic) bond motifs is 1. The van der Waals surface area contributed by atoms with Crippen LogP contribution in [0.2, 0.25) is 0 Å². The van der Waals surface area contributed by atoms with Crippen molar-refractivity contribution < 1.29 is 14.3 Å². The highest BCUT2D eigenvalue weighted by atomic mass is 32.1. The summed E-state index contributed by atoms with van der Waals surface area (Å²) < 4.78 is 6.17. The molecule has 0 radical (unpaired) electrons. The van der Waals surface area contributed by atoms with Crippen molar-refractivity contribution in [3.63, 3.8) is 0 Å². The molecular weight excluding hydrogens is 372 g/mol. The quantitative estimate of drug-likeness (QED) is 0.357. The molecule has 0 spiro atoms. The number of esters is 1. The van der Waals surface area contributed by atoms with Crippen LogP contribution in [0.3, 0.4) is 0 Å². The Bertz CT molecular complexity index is 944. The van der Waals surface area contributed by atoms with E-state index in [0.717, 1.165) is 20.8 Å². The molecule has 0 saturated heterocycles. The second-order valence-corrected chi connectivity index (χ2v) is 7.42. The van der Waals surface area contributed by atoms with Crippen LogP contribution in [-0.4, -0.2) is 30.0 Å². The fraction of sp³-hybridized carbons (Fsp3) is 0.227. The van der Waals surface area contributed by atoms with E-state index >= 15 is 0 Å². The van der Waals surface area contributed by atoms with Gasteiger partial charge in [0.15, 0.2) is 0 Å². The zero-order valence-electron chi connectivity index (χ0n) is 15.7. The van der Waals surface area contributed by atoms with Crippen molar-refractivity contribution in [3.8, 4) is 0 Å². The lowest BCUT2D eigenvalue weighted by Gasteiger charge is -2.06. The molecule has 0 aliphatic carbocycles. The van der Waals surface area contributed by atoms with Gasteiger partial charge >= 0.3 is 5.97 Å². The summed E-state index contributed by atoms with van der Waals surface area (Å²) in [5.74, 6) is -0.505. The number of para-hydroxylation sites is 1. The Kier molecular flexibility index (Phi) is 6.92. The number of nitrogens with zero attached hydrogens (tertiary/aromatic N) is 1. The summed E-state index contributed by atoms with van der Waals surface area (Å²) in [5.41, 5.74) is 3.24. The van der Waals surface area contributed by atoms with Crippen molar-refractivity contribution in [3.05, 3.63) is 70.7 Å². The third-order valence-electron chi connectivity index (χ3n) is 4.10. The molecule has 0 fully saturated rings. The van der Waals surface area contributed by atoms with Crippen LogP contribution < -0.4 is 5.32 Å². The number of benzene rings is 2. The number of hydrogen-bond donors (Lipinski definition) is 1. The molecule has 5 nitrogen and oxygen atoms in total. The summed E-state index contributed by atoms with van der Waals surface area (Å²) in [6, 6.07) is 15.9. The highest BCUT2D eigenvalue weighted by Gasteiger charge is 2.04. The van der Waals surface area contributed by atoms with E-state index in [-0.39, 0.29) is 12.5 Å². The first-order chi connectivity index (χ1) is 13.6. The molecule has 3 aromatic rings. The highest BCUT2D eigenvalue weighted by Crippen LogP contribution is 2.22. The first kappa shape index (κ1) is 19.8. The SMILES string of the molecule is Cc1ccc(CCC(=O)NCCOC(=O)/C=C/c2nc3ccccc3s2)cc1. The largest absolute Gasteiger partial charge is 0.461 e. The van der Waals surface area contributed by atoms with Crippen molar-refractivity contribution in [1.29, 1.82) is 0 Å². The maximum Gasteiger partial charge on any atom is 0.330 e. The number of nitrogens with one attached hydrogen (secondary N) is 1. The predicted molar refractivity (Wildman–Crippen MR) is 112 cm³/mol. The van der Waals surface area contributed by atoms with Gasteiger partial charge in [-0.2, -0.15) is 0 Å². The summed E-state index contributed by atoms with van der Waals surface area (Å²) in [4.78, 5) is 28.0. The van der Waals surface area contributed by atoms with E-state index in [4.69, 9.17) is 4.74 Å². The minimum atomic E-state index is -0.451. The minimum Gasteiger partial charge on any atom is -0.461 e. The highest BCUT2D eigenvalue weighted by molar-refractivity contribution is 7.19. The third kappa shape index (κ3) is 6.03. The number of aromatic nitrogens is 1. The van der Waals surface area contributed by atoms with Crippen LogP contribution in [0.15, 0.2) is 54.6 Å². The Balaban J connectivity index is 1.33. The zero-order chi connectivity index (χ0) is 19.8. The zero-order valence-corrected chi connectivity index (χ0v) is 16.5. The number of amides is 1. The Morgan fingerprint density at radius 2 is 1.93 bits per heavy atom. The summed E-state index contributed by atoms with van der Waals surface area (Å²) in [5, 5.41) is 3.51. The molecule has 1 aromatic heterocycles. The molecular formula is C22H22N2O3S. The third-order valence-corrected chi connectivity index (χ3v) is 5.10. The van der Waals surface area contributed by atoms with E-state index in [0.29, 0.717) is 19.4 Å². The number of aryl methyl sites for hydroxylation is 2. The molecule has 28 heavy (non-hydrogen) atoms. The second-order valence-electron chi connectivity index (χ2n) is 6.36. The Hall–Kier alpha value is -2.99. The number of hydrogen-bond acceptors (Lipinski definition) is 5. The van der Waals surface area contributed by atoms with Gasteiger partial charge in [-0.25, -0.2) is 9.78 Å². The van der Waals surface area contributed by atoms with Crippen molar-refractivity contribution in [1.82, 2.24) is 10.3 Å². The van der Waals surface area contributed by atoms with Gasteiger partial charge in [0, 0.05) is 12.5 Å². The molecule has 1 amide bonds. The van der Waals surface area contributed by atoms with Crippen LogP contribution in [0.1, 0.15) is 22.6 Å². The van der Waals surface area contributed by atoms with Gasteiger partial charge in [-0.15, -0.1) is 11.3 Å². The van der Waals surface area contributed by atoms with E-state index in [9.17, 15) is 9.59 Å². The monoisotopic (exact) mass is 394 g/mol. The first-order valence-electron chi connectivity index (χ1n) is 9.13. The second kappa shape index (κ2) is 9.80. The van der Waals surface area contributed by atoms with Crippen molar-refractivity contribution in [2.24, 2.45) is 0 Å². The lowest BCUT2D eigenvalue weighted by atomic mass is 10.1. The number of ether oxygens (including phenoxy) is 1. The van der Waals surface area contributed by atoms with Gasteiger partial charge in [0.2, 0.25) is 5.91 Å². The molecule has 3 rings (SSSR count). The van der Waals surface area contributed by atoms with Crippen LogP contribution >= 0.6 is 11.3 Å². The fourth-order valence-electron chi connectivity index (χ4n) is 2.59. The number of rotatable bonds is 8. The molecule has 1 heterocycles. The van der Waals surface area contributed by atoms with E-state index in [2.05, 4.69) is 10.3 Å². The van der Waals surface area contributed by atoms with Crippen molar-refractivity contribution in [2.75, 3.05) is 13.2 Å². The van der Waals surface area contributed by atoms with Crippen molar-refractivity contribution >= 4 is 39.5 Å². The maximum atomic E-state index is 11.9. The van der Waals surface area contributed by atoms with Crippen LogP contribution in [0.4, 0.5) is 0 Å². The van der Waals surface area contributed by atoms with Gasteiger partial charge in [0.05, 0.1) is 16.8 Å². The lowest BCUT2D eigenvalue weighted by molar-refractivity contribution is -0.138. The molecule has 0 saturated carbocycles. The molecule has 0 atom stereocenters. The predicted octanol–water partition coefficient (Wildman–Crippen LogP) is 3.91. The smallest absolute Gasteiger partial charge is 0.330 e. The van der Waals surface area contributed by atoms with Gasteiger partial charge in [0.25, 0.3) is 0 Å². The standard InChI is InChI=1S/C22H22N2O3S/c1-16-6-8-17(9-7-16)10-11-20(25)23-14-15-27-22(26)13-12-21-24-18-4-2-3-5-19(18)28-21/h2-9,12-13H,10-11,14-15H2,1H3,(H,23,25)/b13-12+. The Labute approximate surface area is 168 Å². The number of carbonyl (C=O) groups is 2. The van der Waals surface area contributed by atoms with Gasteiger partial charge in [-0.3, -0.25) is 4.79 Å². The van der Waals surface area contributed by atoms with Gasteiger partial charge in [-0.1, -0.05) is 42.0 Å². The number of thiazole rings is 1. The number of carbonyl (C=O) groups excluding carboxylic acids is 2. The average molecular weight is 394 g/mol. The van der Waals surface area contributed by atoms with Gasteiger partial charge in [-0.05, 0) is 37.1 Å². The first-order valence-corrected chi connectivity index (χ1v) is 9.94. The fourth-order valence-corrected chi connectivity index (χ4v) is 3.46. The summed E-state index contributed by atoms with van der Waals surface area (Å²) in [6.07, 6.45) is 4.11. The Morgan fingerprint density at radius 1 is 1.14 bits per heavy atom. The van der Waals surface area contributed by atoms with Crippen LogP contribution in [0, 0.1) is 6.92 Å². The van der Waals surface area contributed by atoms with Crippen LogP contribution in [-0.2, 0) is 20.7 Å². The van der Waals surface area contributed by atoms with Gasteiger partial charge < -0.3 is 10.1 Å². The summed E-state index contributed by atoms with van der Waals surface area (Å²) in [7, 11) is 0. The minimum absolute atomic E-state index is 0.0540. The molecule has 0 bridgehead atoms. The summed E-state index contributed by atoms with van der Waals surface area (Å²) in [6.45, 7) is 2.47. The van der Waals surface area contributed by atoms with Gasteiger partial charge in [0.1, 0.15) is 11.6 Å². The molecule has 0 aliphatic rings. The summed E-state index contributed by atoms with van der Waals surface area (Å²) >= 11 is 1.51. The Morgan fingerprint density at radius 3 is 2.71 bits per heavy atom. The molecule has 0 unspecified atom stereocenters. The normalized spacial score (nSPS) is 11.0. The van der Waals surface area contributed by atoms with Crippen LogP contribution in [0.25, 0.3) is 16.3 Å².